The van der Waals surface area contributed by atoms with Crippen LogP contribution in [-0.2, 0) is 4.79 Å². The molecule has 1 fully saturated rings. The van der Waals surface area contributed by atoms with E-state index in [4.69, 9.17) is 4.74 Å². The maximum Gasteiger partial charge on any atom is 0.265 e. The molecule has 1 atom stereocenters. The van der Waals surface area contributed by atoms with E-state index in [9.17, 15) is 14.4 Å². The highest BCUT2D eigenvalue weighted by Crippen LogP contribution is 2.35. The number of fused-ring (bicyclic) bond motifs is 1. The number of likely N-dealkylation sites (tertiary alicyclic amines) is 1. The SMILES string of the molecule is O=C(Nc1ccc(C(=O)N2C[C@@H](C(=O)N3CCCCC3)Oc3ccccc32)cc1)c1cccs1. The van der Waals surface area contributed by atoms with Crippen LogP contribution in [0.1, 0.15) is 39.3 Å². The number of nitrogens with zero attached hydrogens (tertiary/aromatic N) is 2. The molecule has 1 N–H and O–H groups in total. The average molecular weight is 476 g/mol. The molecule has 2 aromatic carbocycles. The molecule has 174 valence electrons. The van der Waals surface area contributed by atoms with E-state index in [0.717, 1.165) is 32.4 Å². The Balaban J connectivity index is 1.34. The Labute approximate surface area is 201 Å². The highest BCUT2D eigenvalue weighted by atomic mass is 32.1. The molecule has 3 amide bonds. The number of ether oxygens (including phenoxy) is 1. The highest BCUT2D eigenvalue weighted by Gasteiger charge is 2.36. The van der Waals surface area contributed by atoms with Gasteiger partial charge in [-0.2, -0.15) is 0 Å². The maximum absolute atomic E-state index is 13.5. The summed E-state index contributed by atoms with van der Waals surface area (Å²) >= 11 is 1.37. The number of carbonyl (C=O) groups excluding carboxylic acids is 3. The number of hydrogen-bond acceptors (Lipinski definition) is 5. The molecule has 0 saturated carbocycles. The van der Waals surface area contributed by atoms with E-state index in [1.54, 1.807) is 41.3 Å². The summed E-state index contributed by atoms with van der Waals surface area (Å²) in [6, 6.07) is 17.7. The smallest absolute Gasteiger partial charge is 0.265 e. The van der Waals surface area contributed by atoms with Crippen molar-refractivity contribution in [2.24, 2.45) is 0 Å². The van der Waals surface area contributed by atoms with Crippen LogP contribution in [0.5, 0.6) is 5.75 Å². The fourth-order valence-corrected chi connectivity index (χ4v) is 4.94. The number of rotatable bonds is 4. The van der Waals surface area contributed by atoms with Crippen molar-refractivity contribution < 1.29 is 19.1 Å². The molecule has 0 aliphatic carbocycles. The molecule has 0 spiro atoms. The first kappa shape index (κ1) is 22.2. The number of anilines is 2. The van der Waals surface area contributed by atoms with E-state index >= 15 is 0 Å². The van der Waals surface area contributed by atoms with Gasteiger partial charge < -0.3 is 19.9 Å². The predicted molar refractivity (Wildman–Crippen MR) is 132 cm³/mol. The van der Waals surface area contributed by atoms with E-state index in [1.165, 1.54) is 11.3 Å². The first-order valence-electron chi connectivity index (χ1n) is 11.4. The minimum Gasteiger partial charge on any atom is -0.476 e. The minimum absolute atomic E-state index is 0.0707. The number of piperidine rings is 1. The van der Waals surface area contributed by atoms with E-state index in [1.807, 2.05) is 34.5 Å². The molecular weight excluding hydrogens is 450 g/mol. The summed E-state index contributed by atoms with van der Waals surface area (Å²) in [5, 5.41) is 4.69. The molecule has 8 heteroatoms. The quantitative estimate of drug-likeness (QED) is 0.606. The van der Waals surface area contributed by atoms with E-state index in [-0.39, 0.29) is 24.3 Å². The third-order valence-electron chi connectivity index (χ3n) is 6.10. The Bertz CT molecular complexity index is 1190. The lowest BCUT2D eigenvalue weighted by molar-refractivity contribution is -0.139. The van der Waals surface area contributed by atoms with Gasteiger partial charge in [0.1, 0.15) is 5.75 Å². The van der Waals surface area contributed by atoms with Crippen LogP contribution in [-0.4, -0.2) is 48.4 Å². The molecule has 2 aliphatic rings. The lowest BCUT2D eigenvalue weighted by Crippen LogP contribution is -2.52. The summed E-state index contributed by atoms with van der Waals surface area (Å²) in [5.41, 5.74) is 1.72. The first-order chi connectivity index (χ1) is 16.6. The molecule has 0 unspecified atom stereocenters. The van der Waals surface area contributed by atoms with E-state index < -0.39 is 6.10 Å². The standard InChI is InChI=1S/C26H25N3O4S/c30-24(23-9-6-16-34-23)27-19-12-10-18(11-13-19)25(31)29-17-22(26(32)28-14-4-1-5-15-28)33-21-8-3-2-7-20(21)29/h2-3,6-13,16,22H,1,4-5,14-15,17H2,(H,27,30)/t22-/m0/s1. The van der Waals surface area contributed by atoms with Crippen LogP contribution in [0.2, 0.25) is 0 Å². The summed E-state index contributed by atoms with van der Waals surface area (Å²) in [6.45, 7) is 1.61. The summed E-state index contributed by atoms with van der Waals surface area (Å²) in [5.74, 6) is 0.0505. The maximum atomic E-state index is 13.5. The second-order valence-electron chi connectivity index (χ2n) is 8.38. The third kappa shape index (κ3) is 4.54. The lowest BCUT2D eigenvalue weighted by atomic mass is 10.1. The average Bonchev–Trinajstić information content (AvgIpc) is 3.43. The van der Waals surface area contributed by atoms with E-state index in [2.05, 4.69) is 5.32 Å². The van der Waals surface area contributed by atoms with Gasteiger partial charge in [-0.3, -0.25) is 14.4 Å². The molecule has 0 radical (unpaired) electrons. The molecule has 1 aromatic heterocycles. The Morgan fingerprint density at radius 2 is 1.68 bits per heavy atom. The van der Waals surface area contributed by atoms with Gasteiger partial charge in [-0.25, -0.2) is 0 Å². The highest BCUT2D eigenvalue weighted by molar-refractivity contribution is 7.12. The van der Waals surface area contributed by atoms with Gasteiger partial charge in [0.15, 0.2) is 6.10 Å². The van der Waals surface area contributed by atoms with Crippen molar-refractivity contribution in [2.45, 2.75) is 25.4 Å². The van der Waals surface area contributed by atoms with Gasteiger partial charge in [0.25, 0.3) is 17.7 Å². The van der Waals surface area contributed by atoms with Crippen molar-refractivity contribution in [1.29, 1.82) is 0 Å². The molecular formula is C26H25N3O4S. The van der Waals surface area contributed by atoms with Crippen molar-refractivity contribution >= 4 is 40.4 Å². The van der Waals surface area contributed by atoms with Crippen LogP contribution < -0.4 is 15.0 Å². The predicted octanol–water partition coefficient (Wildman–Crippen LogP) is 4.42. The molecule has 5 rings (SSSR count). The Morgan fingerprint density at radius 1 is 0.912 bits per heavy atom. The molecule has 0 bridgehead atoms. The molecule has 7 nitrogen and oxygen atoms in total. The van der Waals surface area contributed by atoms with Gasteiger partial charge in [0.05, 0.1) is 17.1 Å². The number of para-hydroxylation sites is 2. The second kappa shape index (κ2) is 9.69. The number of thiophene rings is 1. The zero-order valence-electron chi connectivity index (χ0n) is 18.6. The van der Waals surface area contributed by atoms with Gasteiger partial charge >= 0.3 is 0 Å². The van der Waals surface area contributed by atoms with Crippen molar-refractivity contribution in [3.05, 3.63) is 76.5 Å². The van der Waals surface area contributed by atoms with Crippen LogP contribution in [0.4, 0.5) is 11.4 Å². The number of hydrogen-bond donors (Lipinski definition) is 1. The normalized spacial score (nSPS) is 17.5. The van der Waals surface area contributed by atoms with Gasteiger partial charge in [-0.05, 0) is 67.1 Å². The Hall–Kier alpha value is -3.65. The van der Waals surface area contributed by atoms with Gasteiger partial charge in [-0.15, -0.1) is 11.3 Å². The fourth-order valence-electron chi connectivity index (χ4n) is 4.33. The van der Waals surface area contributed by atoms with Crippen molar-refractivity contribution in [1.82, 2.24) is 4.90 Å². The van der Waals surface area contributed by atoms with Crippen LogP contribution in [0.3, 0.4) is 0 Å². The zero-order valence-corrected chi connectivity index (χ0v) is 19.4. The van der Waals surface area contributed by atoms with Crippen molar-refractivity contribution in [2.75, 3.05) is 29.9 Å². The third-order valence-corrected chi connectivity index (χ3v) is 6.97. The van der Waals surface area contributed by atoms with Crippen LogP contribution in [0, 0.1) is 0 Å². The monoisotopic (exact) mass is 475 g/mol. The topological polar surface area (TPSA) is 79.0 Å². The molecule has 1 saturated heterocycles. The first-order valence-corrected chi connectivity index (χ1v) is 12.3. The summed E-state index contributed by atoms with van der Waals surface area (Å²) in [4.78, 5) is 43.0. The largest absolute Gasteiger partial charge is 0.476 e. The van der Waals surface area contributed by atoms with Crippen LogP contribution >= 0.6 is 11.3 Å². The molecule has 3 heterocycles. The van der Waals surface area contributed by atoms with Gasteiger partial charge in [-0.1, -0.05) is 18.2 Å². The number of nitrogens with one attached hydrogen (secondary N) is 1. The number of amides is 3. The number of benzene rings is 2. The van der Waals surface area contributed by atoms with E-state index in [0.29, 0.717) is 27.6 Å². The minimum atomic E-state index is -0.735. The van der Waals surface area contributed by atoms with Crippen LogP contribution in [0.25, 0.3) is 0 Å². The van der Waals surface area contributed by atoms with Gasteiger partial charge in [0, 0.05) is 24.3 Å². The Morgan fingerprint density at radius 3 is 2.41 bits per heavy atom. The van der Waals surface area contributed by atoms with Gasteiger partial charge in [0.2, 0.25) is 0 Å². The summed E-state index contributed by atoms with van der Waals surface area (Å²) in [6.07, 6.45) is 2.38. The molecule has 2 aliphatic heterocycles. The van der Waals surface area contributed by atoms with Crippen molar-refractivity contribution in [3.63, 3.8) is 0 Å². The number of carbonyl (C=O) groups is 3. The fraction of sp³-hybridized carbons (Fsp3) is 0.269. The molecule has 34 heavy (non-hydrogen) atoms. The lowest BCUT2D eigenvalue weighted by Gasteiger charge is -2.37. The van der Waals surface area contributed by atoms with Crippen LogP contribution in [0.15, 0.2) is 66.0 Å². The molecule has 3 aromatic rings. The van der Waals surface area contributed by atoms with Crippen molar-refractivity contribution in [3.8, 4) is 5.75 Å². The Kier molecular flexibility index (Phi) is 6.31. The second-order valence-corrected chi connectivity index (χ2v) is 9.33. The summed E-state index contributed by atoms with van der Waals surface area (Å²) < 4.78 is 6.03. The summed E-state index contributed by atoms with van der Waals surface area (Å²) in [7, 11) is 0. The zero-order chi connectivity index (χ0) is 23.5.